The number of aromatic nitrogens is 2. The number of amides is 1. The van der Waals surface area contributed by atoms with Gasteiger partial charge in [-0.25, -0.2) is 34.3 Å². The molecular formula is C83H99BrCl2N10O16. The van der Waals surface area contributed by atoms with Crippen molar-refractivity contribution < 1.29 is 78.1 Å². The van der Waals surface area contributed by atoms with Crippen LogP contribution in [0.5, 0.6) is 0 Å². The van der Waals surface area contributed by atoms with E-state index in [-0.39, 0.29) is 104 Å². The van der Waals surface area contributed by atoms with E-state index in [1.165, 1.54) is 46.0 Å². The fraction of sp³-hybridized carbons (Fsp3) is 0.386. The van der Waals surface area contributed by atoms with E-state index in [1.54, 1.807) is 45.0 Å². The molecule has 6 aromatic carbocycles. The van der Waals surface area contributed by atoms with Crippen LogP contribution < -0.4 is 5.32 Å². The fourth-order valence-corrected chi connectivity index (χ4v) is 12.9. The minimum atomic E-state index is -0.857. The SMILES string of the molecule is COC(=O)[C@@H]1C[C@@H](C(=O)O)CN1Cc1ccccc1.COC(=O)[C@@H]1C[C@@H](c2ncc(-c3ccccc3)[nH]2)CN1Cc1ccccc1.Cl.Cl.O=C(Br)c1ccccc1.O=Cc1ccccc1.[C-]#[N+][C@@H]1C[C@@H](C(=O)OC)N(C(=O)OC(C)(C)C)C1.[C-]#[N+][C@@H]1C[C@@H](C(=O)OC)N(Cc2ccccc2)C1.[C-]#[N+][C@H]1CN[C@H](C(=O)OC)C1.[HH]. The van der Waals surface area contributed by atoms with E-state index in [1.807, 2.05) is 149 Å². The lowest BCUT2D eigenvalue weighted by Gasteiger charge is -2.26. The van der Waals surface area contributed by atoms with E-state index >= 15 is 0 Å². The molecule has 26 nitrogen and oxygen atoms in total. The van der Waals surface area contributed by atoms with Gasteiger partial charge < -0.3 is 53.0 Å². The molecule has 598 valence electrons. The van der Waals surface area contributed by atoms with Crippen molar-refractivity contribution in [3.05, 3.63) is 256 Å². The largest absolute Gasteiger partial charge is 0.481 e. The number of carbonyl (C=O) groups is 9. The first kappa shape index (κ1) is 93.7. The Morgan fingerprint density at radius 1 is 0.527 bits per heavy atom. The van der Waals surface area contributed by atoms with E-state index in [4.69, 9.17) is 43.8 Å². The van der Waals surface area contributed by atoms with Crippen molar-refractivity contribution in [2.24, 2.45) is 5.92 Å². The second-order valence-corrected chi connectivity index (χ2v) is 27.7. The number of aldehydes is 1. The van der Waals surface area contributed by atoms with Crippen LogP contribution in [-0.4, -0.2) is 210 Å². The summed E-state index contributed by atoms with van der Waals surface area (Å²) in [5.74, 6) is -1.81. The smallest absolute Gasteiger partial charge is 0.411 e. The quantitative estimate of drug-likeness (QED) is 0.0266. The molecule has 1 aromatic heterocycles. The van der Waals surface area contributed by atoms with Gasteiger partial charge in [0.2, 0.25) is 22.8 Å². The van der Waals surface area contributed by atoms with Gasteiger partial charge in [0.05, 0.1) is 85.7 Å². The number of imidazole rings is 1. The lowest BCUT2D eigenvalue weighted by atomic mass is 10.1. The molecule has 112 heavy (non-hydrogen) atoms. The van der Waals surface area contributed by atoms with Crippen LogP contribution in [0.4, 0.5) is 4.79 Å². The lowest BCUT2D eigenvalue weighted by molar-refractivity contribution is -0.147. The van der Waals surface area contributed by atoms with E-state index < -0.39 is 41.6 Å². The van der Waals surface area contributed by atoms with Crippen LogP contribution >= 0.6 is 40.7 Å². The second kappa shape index (κ2) is 48.9. The molecule has 5 aliphatic rings. The third-order valence-corrected chi connectivity index (χ3v) is 18.6. The number of halogens is 3. The first-order valence-corrected chi connectivity index (χ1v) is 36.3. The molecule has 0 radical (unpaired) electrons. The molecule has 6 heterocycles. The number of esters is 5. The summed E-state index contributed by atoms with van der Waals surface area (Å²) in [6, 6.07) is 55.7. The Morgan fingerprint density at radius 2 is 0.929 bits per heavy atom. The Morgan fingerprint density at radius 3 is 1.34 bits per heavy atom. The van der Waals surface area contributed by atoms with Gasteiger partial charge in [0.1, 0.15) is 54.5 Å². The number of carboxylic acids is 1. The van der Waals surface area contributed by atoms with Crippen LogP contribution in [0.2, 0.25) is 0 Å². The molecule has 1 amide bonds. The fourth-order valence-electron chi connectivity index (χ4n) is 12.6. The number of ether oxygens (including phenoxy) is 6. The number of likely N-dealkylation sites (tertiary alicyclic amines) is 4. The van der Waals surface area contributed by atoms with Gasteiger partial charge in [0, 0.05) is 51.2 Å². The molecule has 0 unspecified atom stereocenters. The summed E-state index contributed by atoms with van der Waals surface area (Å²) in [6.07, 6.45) is 4.60. The monoisotopic (exact) mass is 1640 g/mol. The highest BCUT2D eigenvalue weighted by Gasteiger charge is 2.46. The standard InChI is InChI=1S/C22H23N3O2.C14H16N2O2.C14H17NO4.C12H18N2O4.C7H5BrO.C7H10N2O2.C7H6O.2ClH.H2/c1-27-22(26)20-12-18(15-25(20)14-16-8-4-2-5-9-16)21-23-13-19(24-21)17-10-6-3-7-11-17;1-15-12-8-13(14(17)18-2)16(10-12)9-11-6-4-3-5-7-11;1-19-14(18)12-7-11(13(16)17)9-15(12)8-10-5-3-2-4-6-10;1-12(2,3)18-11(16)14-7-8(13-4)6-9(14)10(15)17-5;8-7(9)6-4-2-1-3-5-6;1-8-5-3-6(9-4-5)7(10)11-2;8-6-7-4-2-1-3-5-7;;;/h2-11,13,18,20H,12,14-15H2,1H3,(H,23,24);3-7,12-13H,8-10H2,2H3;2-6,11-12H,7-9H2,1H3,(H,16,17);8-9H,6-7H2,1-3,5H3;1-5H;5-6,9H,3-4H2,2H3;1-6H;3*1H/t18-,20+;12-,13+;11-,12+;8-,9+;;5-,6+;;;;/m1111.1..../s1. The highest BCUT2D eigenvalue weighted by Crippen LogP contribution is 2.34. The first-order valence-electron chi connectivity index (χ1n) is 35.5. The molecule has 5 saturated heterocycles. The zero-order valence-corrected chi connectivity index (χ0v) is 67.0. The van der Waals surface area contributed by atoms with Gasteiger partial charge >= 0.3 is 41.9 Å². The van der Waals surface area contributed by atoms with Crippen LogP contribution in [0.1, 0.15) is 103 Å². The number of nitrogens with one attached hydrogen (secondary N) is 2. The van der Waals surface area contributed by atoms with Crippen LogP contribution in [0.15, 0.2) is 188 Å². The Labute approximate surface area is 676 Å². The number of aromatic amines is 1. The Hall–Kier alpha value is -10.7. The van der Waals surface area contributed by atoms with Gasteiger partial charge in [0.25, 0.3) is 0 Å². The molecule has 0 aliphatic carbocycles. The average molecular weight is 1640 g/mol. The van der Waals surface area contributed by atoms with E-state index in [9.17, 15) is 43.2 Å². The van der Waals surface area contributed by atoms with Gasteiger partial charge in [-0.05, 0) is 71.8 Å². The maximum absolute atomic E-state index is 12.3. The number of H-pyrrole nitrogens is 1. The predicted octanol–water partition coefficient (Wildman–Crippen LogP) is 12.5. The van der Waals surface area contributed by atoms with E-state index in [0.717, 1.165) is 53.1 Å². The number of rotatable bonds is 16. The molecule has 12 rings (SSSR count). The zero-order valence-electron chi connectivity index (χ0n) is 63.8. The molecule has 7 aromatic rings. The molecule has 10 atom stereocenters. The summed E-state index contributed by atoms with van der Waals surface area (Å²) in [5.41, 5.74) is 6.30. The molecule has 29 heteroatoms. The second-order valence-electron chi connectivity index (χ2n) is 27.0. The van der Waals surface area contributed by atoms with Crippen molar-refractivity contribution in [3.63, 3.8) is 0 Å². The van der Waals surface area contributed by atoms with Crippen molar-refractivity contribution in [1.29, 1.82) is 0 Å². The molecule has 5 fully saturated rings. The first-order chi connectivity index (χ1) is 52.9. The summed E-state index contributed by atoms with van der Waals surface area (Å²) < 4.78 is 28.9. The van der Waals surface area contributed by atoms with Gasteiger partial charge in [-0.15, -0.1) is 24.8 Å². The number of nitrogens with zero attached hydrogens (tertiary/aromatic N) is 8. The van der Waals surface area contributed by atoms with Gasteiger partial charge in [-0.1, -0.05) is 182 Å². The van der Waals surface area contributed by atoms with Crippen molar-refractivity contribution in [1.82, 2.24) is 34.9 Å². The number of hydrogen-bond acceptors (Lipinski definition) is 20. The highest BCUT2D eigenvalue weighted by atomic mass is 79.9. The van der Waals surface area contributed by atoms with Gasteiger partial charge in [0.15, 0.2) is 0 Å². The van der Waals surface area contributed by atoms with Crippen LogP contribution in [0.3, 0.4) is 0 Å². The number of aliphatic carboxylic acids is 1. The Bertz CT molecular complexity index is 4220. The summed E-state index contributed by atoms with van der Waals surface area (Å²) in [6.45, 7) is 30.6. The van der Waals surface area contributed by atoms with E-state index in [2.05, 4.69) is 84.4 Å². The summed E-state index contributed by atoms with van der Waals surface area (Å²) in [4.78, 5) is 127. The summed E-state index contributed by atoms with van der Waals surface area (Å²) in [5, 5.41) is 12.0. The Kier molecular flexibility index (Phi) is 40.9. The van der Waals surface area contributed by atoms with Crippen LogP contribution in [0.25, 0.3) is 25.8 Å². The zero-order chi connectivity index (χ0) is 80.1. The topological polar surface area (TPSA) is 296 Å². The summed E-state index contributed by atoms with van der Waals surface area (Å²) in [7, 11) is 6.80. The number of carboxylic acid groups (broad SMARTS) is 1. The highest BCUT2D eigenvalue weighted by molar-refractivity contribution is 9.18. The maximum atomic E-state index is 12.3. The van der Waals surface area contributed by atoms with E-state index in [0.29, 0.717) is 70.4 Å². The molecule has 3 N–H and O–H groups in total. The van der Waals surface area contributed by atoms with Gasteiger partial charge in [-0.2, -0.15) is 0 Å². The molecule has 0 spiro atoms. The number of carbonyl (C=O) groups excluding carboxylic acids is 8. The third kappa shape index (κ3) is 30.2. The molecule has 0 bridgehead atoms. The van der Waals surface area contributed by atoms with Crippen molar-refractivity contribution in [2.45, 2.75) is 132 Å². The third-order valence-electron chi connectivity index (χ3n) is 18.2. The van der Waals surface area contributed by atoms with Crippen LogP contribution in [0, 0.1) is 25.6 Å². The summed E-state index contributed by atoms with van der Waals surface area (Å²) >= 11 is 2.84. The molecule has 5 aliphatic heterocycles. The van der Waals surface area contributed by atoms with Crippen molar-refractivity contribution >= 4 is 93.6 Å². The maximum Gasteiger partial charge on any atom is 0.411 e. The molecule has 0 saturated carbocycles. The normalized spacial score (nSPS) is 20.5. The number of hydrogen-bond donors (Lipinski definition) is 3. The number of benzene rings is 6. The molecular weight excluding hydrogens is 1540 g/mol. The minimum absolute atomic E-state index is 0. The number of methoxy groups -OCH3 is 5. The predicted molar refractivity (Wildman–Crippen MR) is 431 cm³/mol. The van der Waals surface area contributed by atoms with Crippen molar-refractivity contribution in [3.8, 4) is 11.3 Å². The minimum Gasteiger partial charge on any atom is -0.481 e. The van der Waals surface area contributed by atoms with Gasteiger partial charge in [-0.3, -0.25) is 58.5 Å². The van der Waals surface area contributed by atoms with Crippen LogP contribution in [-0.2, 0) is 76.8 Å². The Balaban J connectivity index is 0.000000351. The lowest BCUT2D eigenvalue weighted by Crippen LogP contribution is -2.43. The average Bonchev–Trinajstić information content (AvgIpc) is 1.67. The van der Waals surface area contributed by atoms with Crippen molar-refractivity contribution in [2.75, 3.05) is 68.3 Å².